The molecule has 0 saturated carbocycles. The number of para-hydroxylation sites is 1. The van der Waals surface area contributed by atoms with E-state index in [-0.39, 0.29) is 11.6 Å². The van der Waals surface area contributed by atoms with E-state index in [1.54, 1.807) is 29.1 Å². The molecule has 2 heterocycles. The highest BCUT2D eigenvalue weighted by Crippen LogP contribution is 2.21. The minimum Gasteiger partial charge on any atom is -0.364 e. The maximum atomic E-state index is 13.0. The summed E-state index contributed by atoms with van der Waals surface area (Å²) in [5.41, 5.74) is 9.92. The Kier molecular flexibility index (Phi) is 5.02. The molecule has 0 aliphatic heterocycles. The van der Waals surface area contributed by atoms with Gasteiger partial charge in [0.2, 0.25) is 0 Å². The second-order valence-corrected chi connectivity index (χ2v) is 7.20. The normalized spacial score (nSPS) is 10.9. The van der Waals surface area contributed by atoms with Crippen LogP contribution in [0.15, 0.2) is 60.8 Å². The van der Waals surface area contributed by atoms with Gasteiger partial charge in [-0.2, -0.15) is 5.10 Å². The van der Waals surface area contributed by atoms with Crippen LogP contribution in [0.1, 0.15) is 37.7 Å². The van der Waals surface area contributed by atoms with E-state index in [1.807, 2.05) is 19.9 Å². The molecule has 4 rings (SSSR count). The molecule has 2 amide bonds. The van der Waals surface area contributed by atoms with Crippen LogP contribution in [0.4, 0.5) is 5.69 Å². The second kappa shape index (κ2) is 7.79. The Morgan fingerprint density at radius 2 is 1.80 bits per heavy atom. The van der Waals surface area contributed by atoms with E-state index in [2.05, 4.69) is 39.7 Å². The average Bonchev–Trinajstić information content (AvgIpc) is 3.07. The monoisotopic (exact) mass is 399 g/mol. The van der Waals surface area contributed by atoms with Gasteiger partial charge in [0, 0.05) is 11.6 Å². The number of benzene rings is 2. The van der Waals surface area contributed by atoms with Gasteiger partial charge < -0.3 is 11.1 Å². The number of hydrogen-bond acceptors (Lipinski definition) is 4. The molecule has 0 atom stereocenters. The van der Waals surface area contributed by atoms with Crippen molar-refractivity contribution in [3.63, 3.8) is 0 Å². The Bertz CT molecular complexity index is 1260. The van der Waals surface area contributed by atoms with Crippen LogP contribution in [0, 0.1) is 13.8 Å². The fourth-order valence-corrected chi connectivity index (χ4v) is 3.28. The molecule has 0 bridgehead atoms. The summed E-state index contributed by atoms with van der Waals surface area (Å²) < 4.78 is 1.79. The number of nitrogens with two attached hydrogens (primary N) is 1. The number of hydrogen-bond donors (Lipinski definition) is 2. The summed E-state index contributed by atoms with van der Waals surface area (Å²) in [6.45, 7) is 4.48. The van der Waals surface area contributed by atoms with Gasteiger partial charge in [0.1, 0.15) is 5.69 Å². The molecule has 2 aromatic carbocycles. The summed E-state index contributed by atoms with van der Waals surface area (Å²) in [6.07, 6.45) is 1.80. The summed E-state index contributed by atoms with van der Waals surface area (Å²) in [5.74, 6) is -1.04. The summed E-state index contributed by atoms with van der Waals surface area (Å²) in [5, 5.41) is 8.04. The van der Waals surface area contributed by atoms with Crippen LogP contribution in [0.5, 0.6) is 0 Å². The maximum absolute atomic E-state index is 13.0. The minimum absolute atomic E-state index is 0.0469. The predicted molar refractivity (Wildman–Crippen MR) is 115 cm³/mol. The lowest BCUT2D eigenvalue weighted by Crippen LogP contribution is -2.17. The number of carbonyl (C=O) groups excluding carboxylic acids is 2. The highest BCUT2D eigenvalue weighted by Gasteiger charge is 2.17. The van der Waals surface area contributed by atoms with Gasteiger partial charge in [-0.05, 0) is 31.5 Å². The van der Waals surface area contributed by atoms with Crippen molar-refractivity contribution in [2.24, 2.45) is 5.73 Å². The Morgan fingerprint density at radius 1 is 1.07 bits per heavy atom. The van der Waals surface area contributed by atoms with Crippen LogP contribution in [0.25, 0.3) is 10.9 Å². The Labute approximate surface area is 173 Å². The van der Waals surface area contributed by atoms with E-state index in [1.165, 1.54) is 11.6 Å². The smallest absolute Gasteiger partial charge is 0.267 e. The van der Waals surface area contributed by atoms with E-state index in [0.29, 0.717) is 34.4 Å². The topological polar surface area (TPSA) is 103 Å². The molecular weight excluding hydrogens is 378 g/mol. The molecule has 7 heteroatoms. The SMILES string of the molecule is Cc1ccc(Cn2cc(NC(=O)c3cc(C(N)=O)nc4ccccc34)c(C)n2)cc1. The van der Waals surface area contributed by atoms with Crippen molar-refractivity contribution in [3.05, 3.63) is 88.9 Å². The molecule has 150 valence electrons. The van der Waals surface area contributed by atoms with Crippen molar-refractivity contribution >= 4 is 28.4 Å². The van der Waals surface area contributed by atoms with E-state index in [0.717, 1.165) is 5.56 Å². The Balaban J connectivity index is 1.62. The van der Waals surface area contributed by atoms with Crippen LogP contribution in [-0.2, 0) is 6.54 Å². The van der Waals surface area contributed by atoms with Crippen LogP contribution >= 0.6 is 0 Å². The molecule has 0 aliphatic carbocycles. The van der Waals surface area contributed by atoms with Gasteiger partial charge in [0.05, 0.1) is 29.0 Å². The number of nitrogens with one attached hydrogen (secondary N) is 1. The van der Waals surface area contributed by atoms with Gasteiger partial charge in [-0.1, -0.05) is 48.0 Å². The van der Waals surface area contributed by atoms with Gasteiger partial charge in [-0.25, -0.2) is 4.98 Å². The molecule has 0 aliphatic rings. The molecule has 0 saturated heterocycles. The van der Waals surface area contributed by atoms with E-state index in [9.17, 15) is 9.59 Å². The lowest BCUT2D eigenvalue weighted by Gasteiger charge is -2.08. The number of aryl methyl sites for hydroxylation is 2. The minimum atomic E-state index is -0.683. The first-order valence-corrected chi connectivity index (χ1v) is 9.51. The molecular formula is C23H21N5O2. The summed E-state index contributed by atoms with van der Waals surface area (Å²) in [4.78, 5) is 28.9. The number of pyridine rings is 1. The number of aromatic nitrogens is 3. The zero-order valence-corrected chi connectivity index (χ0v) is 16.7. The summed E-state index contributed by atoms with van der Waals surface area (Å²) in [6, 6.07) is 16.8. The predicted octanol–water partition coefficient (Wildman–Crippen LogP) is 3.45. The van der Waals surface area contributed by atoms with Crippen molar-refractivity contribution in [1.82, 2.24) is 14.8 Å². The maximum Gasteiger partial charge on any atom is 0.267 e. The molecule has 7 nitrogen and oxygen atoms in total. The number of rotatable bonds is 5. The second-order valence-electron chi connectivity index (χ2n) is 7.20. The van der Waals surface area contributed by atoms with Gasteiger partial charge in [-0.15, -0.1) is 0 Å². The van der Waals surface area contributed by atoms with Crippen molar-refractivity contribution in [1.29, 1.82) is 0 Å². The number of anilines is 1. The largest absolute Gasteiger partial charge is 0.364 e. The Morgan fingerprint density at radius 3 is 2.53 bits per heavy atom. The quantitative estimate of drug-likeness (QED) is 0.536. The van der Waals surface area contributed by atoms with E-state index in [4.69, 9.17) is 5.73 Å². The molecule has 0 spiro atoms. The van der Waals surface area contributed by atoms with Crippen LogP contribution < -0.4 is 11.1 Å². The lowest BCUT2D eigenvalue weighted by atomic mass is 10.1. The van der Waals surface area contributed by atoms with Crippen molar-refractivity contribution in [3.8, 4) is 0 Å². The van der Waals surface area contributed by atoms with Crippen LogP contribution in [-0.4, -0.2) is 26.6 Å². The summed E-state index contributed by atoms with van der Waals surface area (Å²) >= 11 is 0. The van der Waals surface area contributed by atoms with Gasteiger partial charge >= 0.3 is 0 Å². The van der Waals surface area contributed by atoms with Crippen molar-refractivity contribution in [2.75, 3.05) is 5.32 Å². The summed E-state index contributed by atoms with van der Waals surface area (Å²) in [7, 11) is 0. The lowest BCUT2D eigenvalue weighted by molar-refractivity contribution is 0.0996. The van der Waals surface area contributed by atoms with Crippen molar-refractivity contribution < 1.29 is 9.59 Å². The molecule has 0 fully saturated rings. The standard InChI is InChI=1S/C23H21N5O2/c1-14-7-9-16(10-8-14)12-28-13-21(15(2)27-28)26-23(30)18-11-20(22(24)29)25-19-6-4-3-5-17(18)19/h3-11,13H,12H2,1-2H3,(H2,24,29)(H,26,30). The first kappa shape index (κ1) is 19.3. The average molecular weight is 399 g/mol. The van der Waals surface area contributed by atoms with Crippen LogP contribution in [0.3, 0.4) is 0 Å². The van der Waals surface area contributed by atoms with Gasteiger partial charge in [-0.3, -0.25) is 14.3 Å². The first-order chi connectivity index (χ1) is 14.4. The zero-order chi connectivity index (χ0) is 21.3. The number of primary amides is 1. The first-order valence-electron chi connectivity index (χ1n) is 9.51. The Hall–Kier alpha value is -4.00. The highest BCUT2D eigenvalue weighted by atomic mass is 16.2. The number of carbonyl (C=O) groups is 2. The number of nitrogens with zero attached hydrogens (tertiary/aromatic N) is 3. The van der Waals surface area contributed by atoms with E-state index < -0.39 is 5.91 Å². The third kappa shape index (κ3) is 3.91. The fraction of sp³-hybridized carbons (Fsp3) is 0.130. The van der Waals surface area contributed by atoms with Gasteiger partial charge in [0.25, 0.3) is 11.8 Å². The highest BCUT2D eigenvalue weighted by molar-refractivity contribution is 6.13. The van der Waals surface area contributed by atoms with E-state index >= 15 is 0 Å². The third-order valence-corrected chi connectivity index (χ3v) is 4.87. The fourth-order valence-electron chi connectivity index (χ4n) is 3.28. The molecule has 0 radical (unpaired) electrons. The molecule has 0 unspecified atom stereocenters. The van der Waals surface area contributed by atoms with Crippen LogP contribution in [0.2, 0.25) is 0 Å². The molecule has 3 N–H and O–H groups in total. The zero-order valence-electron chi connectivity index (χ0n) is 16.7. The molecule has 30 heavy (non-hydrogen) atoms. The molecule has 4 aromatic rings. The third-order valence-electron chi connectivity index (χ3n) is 4.87. The molecule has 2 aromatic heterocycles. The van der Waals surface area contributed by atoms with Gasteiger partial charge in [0.15, 0.2) is 0 Å². The number of fused-ring (bicyclic) bond motifs is 1. The van der Waals surface area contributed by atoms with Crippen molar-refractivity contribution in [2.45, 2.75) is 20.4 Å². The number of amides is 2.